The molecule has 0 aliphatic rings. The molecule has 0 spiro atoms. The molecule has 0 aromatic heterocycles. The van der Waals surface area contributed by atoms with E-state index in [2.05, 4.69) is 0 Å². The van der Waals surface area contributed by atoms with Gasteiger partial charge in [0.05, 0.1) is 33.2 Å². The van der Waals surface area contributed by atoms with Crippen molar-refractivity contribution in [1.82, 2.24) is 0 Å². The van der Waals surface area contributed by atoms with Crippen LogP contribution in [0.15, 0.2) is 0 Å². The zero-order valence-corrected chi connectivity index (χ0v) is 12.5. The Labute approximate surface area is 100 Å². The van der Waals surface area contributed by atoms with Crippen LogP contribution in [0.2, 0.25) is 0 Å². The summed E-state index contributed by atoms with van der Waals surface area (Å²) in [5, 5.41) is 15.4. The molecule has 0 aromatic rings. The first kappa shape index (κ1) is 36.1. The van der Waals surface area contributed by atoms with Gasteiger partial charge in [0.2, 0.25) is 0 Å². The normalized spacial score (nSPS) is 7.20. The van der Waals surface area contributed by atoms with E-state index in [1.807, 2.05) is 37.5 Å². The van der Waals surface area contributed by atoms with E-state index < -0.39 is 0 Å². The Bertz CT molecular complexity index is 57.4. The zero-order valence-electron chi connectivity index (χ0n) is 10.1. The van der Waals surface area contributed by atoms with E-state index in [-0.39, 0.29) is 47.4 Å². The minimum atomic E-state index is 0. The summed E-state index contributed by atoms with van der Waals surface area (Å²) in [4.78, 5) is 0. The molecule has 0 saturated carbocycles. The molecule has 0 aliphatic heterocycles. The molecule has 0 aromatic carbocycles. The van der Waals surface area contributed by atoms with Crippen LogP contribution in [0.5, 0.6) is 0 Å². The molecule has 15 heavy (non-hydrogen) atoms. The molecule has 0 saturated heterocycles. The average Bonchev–Trinajstić information content (AvgIpc) is 1.54. The monoisotopic (exact) mass is 291 g/mol. The average molecular weight is 291 g/mol. The van der Waals surface area contributed by atoms with Gasteiger partial charge < -0.3 is 14.1 Å². The Morgan fingerprint density at radius 3 is 0.467 bits per heavy atom. The molecule has 0 bridgehead atoms. The van der Waals surface area contributed by atoms with E-state index in [1.165, 1.54) is 0 Å². The lowest BCUT2D eigenvalue weighted by Crippen LogP contribution is -3.00. The highest BCUT2D eigenvalue weighted by Gasteiger charge is 1.79. The molecular formula is C6H24F3N3S3. The Balaban J connectivity index is -0.0000000184. The van der Waals surface area contributed by atoms with E-state index >= 15 is 0 Å². The molecule has 0 unspecified atom stereocenters. The van der Waals surface area contributed by atoms with Crippen LogP contribution in [-0.2, 0) is 33.2 Å². The maximum absolute atomic E-state index is 5.14. The van der Waals surface area contributed by atoms with Gasteiger partial charge >= 0.3 is 0 Å². The second kappa shape index (κ2) is 29.3. The minimum absolute atomic E-state index is 0. The fourth-order valence-corrected chi connectivity index (χ4v) is 0. The molecule has 0 atom stereocenters. The molecule has 0 aliphatic carbocycles. The lowest BCUT2D eigenvalue weighted by atomic mass is 11.9. The highest BCUT2D eigenvalue weighted by Crippen LogP contribution is 1.55. The summed E-state index contributed by atoms with van der Waals surface area (Å²) in [6, 6.07) is 0. The lowest BCUT2D eigenvalue weighted by Gasteiger charge is -1.69. The van der Waals surface area contributed by atoms with Crippen LogP contribution < -0.4 is 29.5 Å². The first-order chi connectivity index (χ1) is 5.20. The topological polar surface area (TPSA) is 78.1 Å². The highest BCUT2D eigenvalue weighted by molar-refractivity contribution is 7.93. The third kappa shape index (κ3) is 4590. The molecule has 0 amide bonds. The van der Waals surface area contributed by atoms with E-state index in [1.54, 1.807) is 0 Å². The molecule has 3 nitrogen and oxygen atoms in total. The van der Waals surface area contributed by atoms with Crippen molar-refractivity contribution in [2.45, 2.75) is 0 Å². The van der Waals surface area contributed by atoms with E-state index in [4.69, 9.17) is 15.4 Å². The molecule has 9 heteroatoms. The van der Waals surface area contributed by atoms with Crippen LogP contribution >= 0.6 is 0 Å². The summed E-state index contributed by atoms with van der Waals surface area (Å²) >= 11 is 0.417. The Morgan fingerprint density at radius 1 is 0.467 bits per heavy atom. The van der Waals surface area contributed by atoms with Crippen molar-refractivity contribution in [3.8, 4) is 0 Å². The predicted octanol–water partition coefficient (Wildman–Crippen LogP) is -9.77. The summed E-state index contributed by atoms with van der Waals surface area (Å²) in [6.45, 7) is 0. The molecule has 102 valence electrons. The first-order valence-electron chi connectivity index (χ1n) is 3.16. The molecule has 0 rings (SSSR count). The summed E-state index contributed by atoms with van der Waals surface area (Å²) in [5.74, 6) is 0. The van der Waals surface area contributed by atoms with E-state index in [9.17, 15) is 0 Å². The molecule has 0 radical (unpaired) electrons. The molecule has 6 N–H and O–H groups in total. The number of nitrogens with two attached hydrogens (primary N) is 3. The van der Waals surface area contributed by atoms with Gasteiger partial charge in [-0.25, -0.2) is 0 Å². The fourth-order valence-electron chi connectivity index (χ4n) is 0. The van der Waals surface area contributed by atoms with Gasteiger partial charge in [-0.05, 0) is 0 Å². The van der Waals surface area contributed by atoms with Gasteiger partial charge in [0.25, 0.3) is 0 Å². The second-order valence-electron chi connectivity index (χ2n) is 2.64. The quantitative estimate of drug-likeness (QED) is 0.388. The third-order valence-electron chi connectivity index (χ3n) is 0. The van der Waals surface area contributed by atoms with Gasteiger partial charge in [0.1, 0.15) is 37.5 Å². The summed E-state index contributed by atoms with van der Waals surface area (Å²) in [7, 11) is 0. The van der Waals surface area contributed by atoms with Crippen molar-refractivity contribution < 1.29 is 14.1 Å². The standard InChI is InChI=1S/3C2H8NS.3FH/c3*1-4(2)3;;;/h3*3H2,1-2H3;3*1H/q3*+1;;;/p-3. The van der Waals surface area contributed by atoms with Crippen molar-refractivity contribution in [1.29, 1.82) is 0 Å². The van der Waals surface area contributed by atoms with Gasteiger partial charge in [0.15, 0.2) is 0 Å². The Kier molecular flexibility index (Phi) is 70.5. The van der Waals surface area contributed by atoms with Crippen LogP contribution in [0, 0.1) is 0 Å². The van der Waals surface area contributed by atoms with Gasteiger partial charge in [0, 0.05) is 0 Å². The van der Waals surface area contributed by atoms with Gasteiger partial charge in [-0.2, -0.15) is 15.4 Å². The molecular weight excluding hydrogens is 267 g/mol. The van der Waals surface area contributed by atoms with Crippen molar-refractivity contribution in [3.63, 3.8) is 0 Å². The molecule has 0 heterocycles. The number of rotatable bonds is 0. The largest absolute Gasteiger partial charge is 1.00 e. The van der Waals surface area contributed by atoms with Crippen LogP contribution in [0.1, 0.15) is 0 Å². The lowest BCUT2D eigenvalue weighted by molar-refractivity contribution is -0.001000. The van der Waals surface area contributed by atoms with Crippen molar-refractivity contribution in [3.05, 3.63) is 0 Å². The highest BCUT2D eigenvalue weighted by atomic mass is 32.2. The SMILES string of the molecule is C[S+](C)N.C[S+](C)N.C[S+](C)N.[F-].[F-].[F-]. The number of halogens is 3. The Hall–Kier alpha value is 0.720. The van der Waals surface area contributed by atoms with Gasteiger partial charge in [-0.1, -0.05) is 0 Å². The van der Waals surface area contributed by atoms with Crippen LogP contribution in [-0.4, -0.2) is 37.5 Å². The summed E-state index contributed by atoms with van der Waals surface area (Å²) < 4.78 is 0. The summed E-state index contributed by atoms with van der Waals surface area (Å²) in [6.07, 6.45) is 11.8. The third-order valence-corrected chi connectivity index (χ3v) is 0. The summed E-state index contributed by atoms with van der Waals surface area (Å²) in [5.41, 5.74) is 0. The number of hydrogen-bond acceptors (Lipinski definition) is 3. The van der Waals surface area contributed by atoms with Gasteiger partial charge in [-0.3, -0.25) is 0 Å². The first-order valence-corrected chi connectivity index (χ1v) is 9.47. The smallest absolute Gasteiger partial charge is 0.117 e. The fraction of sp³-hybridized carbons (Fsp3) is 1.00. The predicted molar refractivity (Wildman–Crippen MR) is 70.2 cm³/mol. The van der Waals surface area contributed by atoms with E-state index in [0.717, 1.165) is 0 Å². The van der Waals surface area contributed by atoms with Crippen molar-refractivity contribution in [2.75, 3.05) is 37.5 Å². The zero-order chi connectivity index (χ0) is 10.7. The van der Waals surface area contributed by atoms with Crippen LogP contribution in [0.3, 0.4) is 0 Å². The van der Waals surface area contributed by atoms with Crippen LogP contribution in [0.4, 0.5) is 0 Å². The van der Waals surface area contributed by atoms with Crippen molar-refractivity contribution >= 4 is 33.2 Å². The number of hydrogen-bond donors (Lipinski definition) is 3. The maximum atomic E-state index is 5.14. The van der Waals surface area contributed by atoms with Crippen molar-refractivity contribution in [2.24, 2.45) is 15.4 Å². The van der Waals surface area contributed by atoms with Crippen LogP contribution in [0.25, 0.3) is 0 Å². The van der Waals surface area contributed by atoms with Gasteiger partial charge in [-0.15, -0.1) is 0 Å². The maximum Gasteiger partial charge on any atom is 0.117 e. The Morgan fingerprint density at radius 2 is 0.467 bits per heavy atom. The second-order valence-corrected chi connectivity index (χ2v) is 7.92. The molecule has 0 fully saturated rings. The van der Waals surface area contributed by atoms with E-state index in [0.29, 0.717) is 0 Å². The minimum Gasteiger partial charge on any atom is -1.00 e.